The van der Waals surface area contributed by atoms with Crippen molar-refractivity contribution in [2.24, 2.45) is 5.73 Å². The Morgan fingerprint density at radius 3 is 2.35 bits per heavy atom. The molecule has 0 bridgehead atoms. The van der Waals surface area contributed by atoms with E-state index < -0.39 is 5.91 Å². The van der Waals surface area contributed by atoms with E-state index in [0.717, 1.165) is 22.3 Å². The van der Waals surface area contributed by atoms with E-state index in [1.807, 2.05) is 77.6 Å². The molecule has 0 saturated heterocycles. The van der Waals surface area contributed by atoms with E-state index in [1.165, 1.54) is 0 Å². The molecule has 5 heteroatoms. The molecule has 2 aromatic carbocycles. The maximum atomic E-state index is 11.9. The summed E-state index contributed by atoms with van der Waals surface area (Å²) in [5.74, 6) is -0.538. The summed E-state index contributed by atoms with van der Waals surface area (Å²) in [4.78, 5) is 11.9. The van der Waals surface area contributed by atoms with E-state index in [9.17, 15) is 4.79 Å². The molecule has 23 heavy (non-hydrogen) atoms. The van der Waals surface area contributed by atoms with Gasteiger partial charge in [-0.05, 0) is 36.4 Å². The Morgan fingerprint density at radius 2 is 1.65 bits per heavy atom. The molecule has 112 valence electrons. The van der Waals surface area contributed by atoms with Crippen molar-refractivity contribution in [3.63, 3.8) is 0 Å². The number of nitrogens with two attached hydrogens (primary N) is 1. The molecular weight excluding hydrogens is 288 g/mol. The molecule has 0 fully saturated rings. The van der Waals surface area contributed by atoms with Crippen molar-refractivity contribution in [1.82, 2.24) is 14.3 Å². The zero-order valence-electron chi connectivity index (χ0n) is 12.3. The predicted octanol–water partition coefficient (Wildman–Crippen LogP) is 2.92. The molecule has 2 N–H and O–H groups in total. The van der Waals surface area contributed by atoms with Gasteiger partial charge in [0.15, 0.2) is 5.69 Å². The highest BCUT2D eigenvalue weighted by molar-refractivity contribution is 6.07. The molecule has 0 atom stereocenters. The van der Waals surface area contributed by atoms with Crippen LogP contribution in [0.2, 0.25) is 0 Å². The van der Waals surface area contributed by atoms with Gasteiger partial charge in [-0.25, -0.2) is 4.68 Å². The number of hydrogen-bond acceptors (Lipinski definition) is 2. The van der Waals surface area contributed by atoms with Crippen LogP contribution in [-0.4, -0.2) is 20.3 Å². The number of carbonyl (C=O) groups is 1. The van der Waals surface area contributed by atoms with Crippen LogP contribution in [0.5, 0.6) is 0 Å². The molecule has 0 saturated carbocycles. The summed E-state index contributed by atoms with van der Waals surface area (Å²) in [6.45, 7) is 0. The molecular formula is C18H14N4O. The average molecular weight is 302 g/mol. The second kappa shape index (κ2) is 5.14. The highest BCUT2D eigenvalue weighted by atomic mass is 16.1. The second-order valence-electron chi connectivity index (χ2n) is 5.22. The van der Waals surface area contributed by atoms with E-state index in [0.29, 0.717) is 0 Å². The minimum atomic E-state index is -0.538. The molecule has 5 nitrogen and oxygen atoms in total. The van der Waals surface area contributed by atoms with Crippen LogP contribution in [0.15, 0.2) is 73.1 Å². The smallest absolute Gasteiger partial charge is 0.269 e. The van der Waals surface area contributed by atoms with Crippen molar-refractivity contribution in [3.8, 4) is 11.4 Å². The fourth-order valence-electron chi connectivity index (χ4n) is 2.80. The summed E-state index contributed by atoms with van der Waals surface area (Å²) in [5.41, 5.74) is 8.45. The summed E-state index contributed by atoms with van der Waals surface area (Å²) >= 11 is 0. The van der Waals surface area contributed by atoms with Crippen LogP contribution in [0, 0.1) is 0 Å². The Hall–Kier alpha value is -3.34. The van der Waals surface area contributed by atoms with Gasteiger partial charge in [0.25, 0.3) is 5.91 Å². The lowest BCUT2D eigenvalue weighted by Gasteiger charge is -2.06. The number of fused-ring (bicyclic) bond motifs is 1. The molecule has 0 unspecified atom stereocenters. The van der Waals surface area contributed by atoms with Crippen molar-refractivity contribution < 1.29 is 4.79 Å². The van der Waals surface area contributed by atoms with Crippen LogP contribution in [0.25, 0.3) is 22.3 Å². The number of aromatic nitrogens is 3. The molecule has 2 heterocycles. The first kappa shape index (κ1) is 13.3. The number of benzene rings is 2. The van der Waals surface area contributed by atoms with E-state index in [1.54, 1.807) is 4.68 Å². The van der Waals surface area contributed by atoms with Crippen LogP contribution >= 0.6 is 0 Å². The third kappa shape index (κ3) is 2.10. The maximum absolute atomic E-state index is 11.9. The van der Waals surface area contributed by atoms with E-state index in [2.05, 4.69) is 5.10 Å². The Morgan fingerprint density at radius 1 is 0.913 bits per heavy atom. The number of hydrogen-bond donors (Lipinski definition) is 1. The Kier molecular flexibility index (Phi) is 2.98. The van der Waals surface area contributed by atoms with Crippen molar-refractivity contribution in [3.05, 3.63) is 78.8 Å². The fraction of sp³-hybridized carbons (Fsp3) is 0. The van der Waals surface area contributed by atoms with Crippen LogP contribution in [-0.2, 0) is 0 Å². The van der Waals surface area contributed by atoms with Gasteiger partial charge >= 0.3 is 0 Å². The van der Waals surface area contributed by atoms with Crippen molar-refractivity contribution in [2.45, 2.75) is 0 Å². The summed E-state index contributed by atoms with van der Waals surface area (Å²) < 4.78 is 3.70. The molecule has 2 aromatic heterocycles. The normalized spacial score (nSPS) is 11.0. The predicted molar refractivity (Wildman–Crippen MR) is 88.9 cm³/mol. The number of nitrogens with zero attached hydrogens (tertiary/aromatic N) is 3. The third-order valence-electron chi connectivity index (χ3n) is 3.80. The van der Waals surface area contributed by atoms with Gasteiger partial charge in [0.1, 0.15) is 0 Å². The fourth-order valence-corrected chi connectivity index (χ4v) is 2.80. The molecule has 0 aliphatic carbocycles. The average Bonchev–Trinajstić information content (AvgIpc) is 3.23. The second-order valence-corrected chi connectivity index (χ2v) is 5.22. The number of para-hydroxylation sites is 1. The van der Waals surface area contributed by atoms with Crippen LogP contribution in [0.1, 0.15) is 10.5 Å². The molecule has 0 aliphatic heterocycles. The lowest BCUT2D eigenvalue weighted by molar-refractivity contribution is 0.0996. The number of amides is 1. The lowest BCUT2D eigenvalue weighted by atomic mass is 10.1. The van der Waals surface area contributed by atoms with Gasteiger partial charge in [0.2, 0.25) is 0 Å². The summed E-state index contributed by atoms with van der Waals surface area (Å²) in [7, 11) is 0. The van der Waals surface area contributed by atoms with Crippen LogP contribution in [0.4, 0.5) is 0 Å². The standard InChI is InChI=1S/C18H14N4O/c19-18(23)17-16-14(21-11-4-5-12-21)9-6-10-15(16)22(20-17)13-7-2-1-3-8-13/h1-12H,(H2,19,23). The van der Waals surface area contributed by atoms with Gasteiger partial charge < -0.3 is 10.3 Å². The SMILES string of the molecule is NC(=O)c1nn(-c2ccccc2)c2cccc(-n3cccc3)c12. The first-order valence-electron chi connectivity index (χ1n) is 7.26. The Labute approximate surface area is 132 Å². The van der Waals surface area contributed by atoms with Gasteiger partial charge in [0, 0.05) is 12.4 Å². The van der Waals surface area contributed by atoms with Crippen LogP contribution < -0.4 is 5.73 Å². The quantitative estimate of drug-likeness (QED) is 0.632. The van der Waals surface area contributed by atoms with E-state index >= 15 is 0 Å². The monoisotopic (exact) mass is 302 g/mol. The molecule has 4 rings (SSSR count). The first-order valence-corrected chi connectivity index (χ1v) is 7.26. The highest BCUT2D eigenvalue weighted by Gasteiger charge is 2.19. The third-order valence-corrected chi connectivity index (χ3v) is 3.80. The zero-order valence-corrected chi connectivity index (χ0v) is 12.3. The molecule has 4 aromatic rings. The molecule has 0 aliphatic rings. The van der Waals surface area contributed by atoms with Crippen molar-refractivity contribution in [1.29, 1.82) is 0 Å². The molecule has 1 amide bonds. The summed E-state index contributed by atoms with van der Waals surface area (Å²) in [6.07, 6.45) is 3.86. The van der Waals surface area contributed by atoms with Gasteiger partial charge in [-0.3, -0.25) is 4.79 Å². The number of carbonyl (C=O) groups excluding carboxylic acids is 1. The number of primary amides is 1. The van der Waals surface area contributed by atoms with Crippen LogP contribution in [0.3, 0.4) is 0 Å². The van der Waals surface area contributed by atoms with Gasteiger partial charge in [-0.15, -0.1) is 0 Å². The Bertz CT molecular complexity index is 985. The topological polar surface area (TPSA) is 65.8 Å². The highest BCUT2D eigenvalue weighted by Crippen LogP contribution is 2.28. The minimum Gasteiger partial charge on any atom is -0.364 e. The first-order chi connectivity index (χ1) is 11.3. The van der Waals surface area contributed by atoms with E-state index in [-0.39, 0.29) is 5.69 Å². The largest absolute Gasteiger partial charge is 0.364 e. The number of rotatable bonds is 3. The van der Waals surface area contributed by atoms with E-state index in [4.69, 9.17) is 5.73 Å². The summed E-state index contributed by atoms with van der Waals surface area (Å²) in [5, 5.41) is 5.21. The lowest BCUT2D eigenvalue weighted by Crippen LogP contribution is -2.13. The molecule has 0 radical (unpaired) electrons. The minimum absolute atomic E-state index is 0.271. The summed E-state index contributed by atoms with van der Waals surface area (Å²) in [6, 6.07) is 19.4. The zero-order chi connectivity index (χ0) is 15.8. The van der Waals surface area contributed by atoms with Gasteiger partial charge in [-0.1, -0.05) is 24.3 Å². The van der Waals surface area contributed by atoms with Crippen molar-refractivity contribution in [2.75, 3.05) is 0 Å². The Balaban J connectivity index is 2.09. The van der Waals surface area contributed by atoms with Crippen molar-refractivity contribution >= 4 is 16.8 Å². The molecule has 0 spiro atoms. The van der Waals surface area contributed by atoms with Gasteiger partial charge in [-0.2, -0.15) is 5.10 Å². The maximum Gasteiger partial charge on any atom is 0.269 e. The van der Waals surface area contributed by atoms with Gasteiger partial charge in [0.05, 0.1) is 22.3 Å².